The molecule has 0 saturated carbocycles. The van der Waals surface area contributed by atoms with Crippen LogP contribution in [0.5, 0.6) is 0 Å². The highest BCUT2D eigenvalue weighted by Crippen LogP contribution is 2.22. The van der Waals surface area contributed by atoms with Crippen molar-refractivity contribution in [1.29, 1.82) is 0 Å². The number of benzene rings is 2. The molecule has 0 aliphatic heterocycles. The number of amides is 1. The van der Waals surface area contributed by atoms with Gasteiger partial charge in [-0.05, 0) is 18.2 Å². The minimum absolute atomic E-state index is 0.431. The third-order valence-corrected chi connectivity index (χ3v) is 3.31. The van der Waals surface area contributed by atoms with Crippen LogP contribution >= 0.6 is 11.6 Å². The molecule has 2 aromatic rings. The highest BCUT2D eigenvalue weighted by molar-refractivity contribution is 6.33. The molecular weight excluding hydrogens is 381 g/mol. The quantitative estimate of drug-likeness (QED) is 0.366. The van der Waals surface area contributed by atoms with Crippen LogP contribution in [0.1, 0.15) is 10.4 Å². The molecule has 0 aliphatic rings. The van der Waals surface area contributed by atoms with Crippen molar-refractivity contribution in [1.82, 2.24) is 0 Å². The van der Waals surface area contributed by atoms with E-state index in [-0.39, 0.29) is 0 Å². The van der Waals surface area contributed by atoms with E-state index in [9.17, 15) is 32.9 Å². The summed E-state index contributed by atoms with van der Waals surface area (Å²) in [6.45, 7) is -0.920. The number of carbonyl (C=O) groups is 2. The Bertz CT molecular complexity index is 907. The lowest BCUT2D eigenvalue weighted by Crippen LogP contribution is -2.21. The van der Waals surface area contributed by atoms with Crippen LogP contribution in [0.2, 0.25) is 5.02 Å². The van der Waals surface area contributed by atoms with Gasteiger partial charge in [-0.2, -0.15) is 0 Å². The van der Waals surface area contributed by atoms with Gasteiger partial charge < -0.3 is 10.1 Å². The molecule has 0 bridgehead atoms. The number of rotatable bonds is 5. The Kier molecular flexibility index (Phi) is 5.78. The Labute approximate surface area is 148 Å². The number of nitrogens with zero attached hydrogens (tertiary/aromatic N) is 1. The van der Waals surface area contributed by atoms with Crippen LogP contribution in [0, 0.1) is 27.6 Å². The molecule has 1 amide bonds. The van der Waals surface area contributed by atoms with Crippen LogP contribution in [0.3, 0.4) is 0 Å². The van der Waals surface area contributed by atoms with Gasteiger partial charge in [-0.15, -0.1) is 0 Å². The predicted octanol–water partition coefficient (Wildman–Crippen LogP) is 3.46. The summed E-state index contributed by atoms with van der Waals surface area (Å²) in [6, 6.07) is 3.52. The molecule has 1 N–H and O–H groups in total. The van der Waals surface area contributed by atoms with Gasteiger partial charge in [0.1, 0.15) is 5.82 Å². The summed E-state index contributed by atoms with van der Waals surface area (Å²) < 4.78 is 44.2. The number of carbonyl (C=O) groups excluding carboxylic acids is 2. The normalized spacial score (nSPS) is 10.3. The van der Waals surface area contributed by atoms with E-state index in [4.69, 9.17) is 11.6 Å². The Morgan fingerprint density at radius 3 is 2.42 bits per heavy atom. The second kappa shape index (κ2) is 7.83. The monoisotopic (exact) mass is 388 g/mol. The molecule has 11 heteroatoms. The summed E-state index contributed by atoms with van der Waals surface area (Å²) in [5.41, 5.74) is -1.47. The molecule has 0 aromatic heterocycles. The minimum atomic E-state index is -1.34. The van der Waals surface area contributed by atoms with Gasteiger partial charge in [0.05, 0.1) is 21.2 Å². The third-order valence-electron chi connectivity index (χ3n) is 3.00. The fourth-order valence-electron chi connectivity index (χ4n) is 1.80. The fraction of sp³-hybridized carbons (Fsp3) is 0.0667. The van der Waals surface area contributed by atoms with E-state index < -0.39 is 62.8 Å². The van der Waals surface area contributed by atoms with E-state index >= 15 is 0 Å². The maximum atomic E-state index is 13.6. The summed E-state index contributed by atoms with van der Waals surface area (Å²) in [5.74, 6) is -5.80. The van der Waals surface area contributed by atoms with E-state index in [1.54, 1.807) is 0 Å². The van der Waals surface area contributed by atoms with Gasteiger partial charge in [-0.1, -0.05) is 11.6 Å². The molecular formula is C15H8ClF3N2O5. The molecule has 136 valence electrons. The summed E-state index contributed by atoms with van der Waals surface area (Å²) >= 11 is 5.59. The first-order chi connectivity index (χ1) is 12.2. The lowest BCUT2D eigenvalue weighted by molar-refractivity contribution is -0.384. The van der Waals surface area contributed by atoms with E-state index in [1.165, 1.54) is 0 Å². The Balaban J connectivity index is 2.03. The van der Waals surface area contributed by atoms with Crippen molar-refractivity contribution in [2.45, 2.75) is 0 Å². The molecule has 26 heavy (non-hydrogen) atoms. The van der Waals surface area contributed by atoms with Crippen molar-refractivity contribution in [2.75, 3.05) is 11.9 Å². The number of hydrogen-bond donors (Lipinski definition) is 1. The summed E-state index contributed by atoms with van der Waals surface area (Å²) in [6.07, 6.45) is 0. The molecule has 0 fully saturated rings. The molecule has 0 aliphatic carbocycles. The molecule has 2 rings (SSSR count). The highest BCUT2D eigenvalue weighted by atomic mass is 35.5. The number of ether oxygens (including phenoxy) is 1. The Morgan fingerprint density at radius 1 is 1.12 bits per heavy atom. The number of non-ortho nitro benzene ring substituents is 1. The Morgan fingerprint density at radius 2 is 1.77 bits per heavy atom. The first-order valence-corrected chi connectivity index (χ1v) is 7.12. The first-order valence-electron chi connectivity index (χ1n) is 6.74. The van der Waals surface area contributed by atoms with Crippen molar-refractivity contribution in [2.24, 2.45) is 0 Å². The van der Waals surface area contributed by atoms with E-state index in [0.717, 1.165) is 18.2 Å². The zero-order valence-electron chi connectivity index (χ0n) is 12.6. The second-order valence-corrected chi connectivity index (χ2v) is 5.20. The maximum Gasteiger partial charge on any atom is 0.340 e. The molecule has 0 saturated heterocycles. The number of nitrogens with one attached hydrogen (secondary N) is 1. The predicted molar refractivity (Wildman–Crippen MR) is 83.3 cm³/mol. The van der Waals surface area contributed by atoms with Gasteiger partial charge in [0, 0.05) is 12.1 Å². The number of anilines is 1. The molecule has 0 atom stereocenters. The smallest absolute Gasteiger partial charge is 0.340 e. The highest BCUT2D eigenvalue weighted by Gasteiger charge is 2.18. The van der Waals surface area contributed by atoms with Crippen LogP contribution in [0.25, 0.3) is 0 Å². The molecule has 0 heterocycles. The number of nitro benzene ring substituents is 1. The fourth-order valence-corrected chi connectivity index (χ4v) is 2.02. The van der Waals surface area contributed by atoms with Gasteiger partial charge in [0.15, 0.2) is 18.2 Å². The SMILES string of the molecule is O=C(COC(=O)c1cc(F)c(F)cc1Cl)Nc1cc([N+](=O)[O-])ccc1F. The van der Waals surface area contributed by atoms with Crippen molar-refractivity contribution in [3.8, 4) is 0 Å². The largest absolute Gasteiger partial charge is 0.452 e. The van der Waals surface area contributed by atoms with E-state index in [2.05, 4.69) is 4.74 Å². The molecule has 2 aromatic carbocycles. The minimum Gasteiger partial charge on any atom is -0.452 e. The number of halogens is 4. The third kappa shape index (κ3) is 4.48. The molecule has 7 nitrogen and oxygen atoms in total. The van der Waals surface area contributed by atoms with E-state index in [0.29, 0.717) is 12.1 Å². The van der Waals surface area contributed by atoms with Crippen LogP contribution < -0.4 is 5.32 Å². The number of esters is 1. The molecule has 0 unspecified atom stereocenters. The van der Waals surface area contributed by atoms with Crippen LogP contribution in [-0.4, -0.2) is 23.4 Å². The van der Waals surface area contributed by atoms with Crippen molar-refractivity contribution in [3.05, 3.63) is 68.5 Å². The van der Waals surface area contributed by atoms with Crippen LogP contribution in [0.4, 0.5) is 24.5 Å². The van der Waals surface area contributed by atoms with Crippen molar-refractivity contribution in [3.63, 3.8) is 0 Å². The zero-order chi connectivity index (χ0) is 19.4. The molecule has 0 radical (unpaired) electrons. The topological polar surface area (TPSA) is 98.5 Å². The standard InChI is InChI=1S/C15H8ClF3N2O5/c16-9-5-12(19)11(18)4-8(9)15(23)26-6-14(22)20-13-3-7(21(24)25)1-2-10(13)17/h1-5H,6H2,(H,20,22). The van der Waals surface area contributed by atoms with Gasteiger partial charge in [-0.3, -0.25) is 14.9 Å². The summed E-state index contributed by atoms with van der Waals surface area (Å²) in [5, 5.41) is 12.2. The number of nitro groups is 1. The average Bonchev–Trinajstić information content (AvgIpc) is 2.57. The van der Waals surface area contributed by atoms with Crippen LogP contribution in [-0.2, 0) is 9.53 Å². The van der Waals surface area contributed by atoms with Gasteiger partial charge in [0.25, 0.3) is 11.6 Å². The number of hydrogen-bond acceptors (Lipinski definition) is 5. The lowest BCUT2D eigenvalue weighted by atomic mass is 10.2. The Hall–Kier alpha value is -3.14. The molecule has 0 spiro atoms. The summed E-state index contributed by atoms with van der Waals surface area (Å²) in [4.78, 5) is 33.3. The maximum absolute atomic E-state index is 13.6. The second-order valence-electron chi connectivity index (χ2n) is 4.79. The van der Waals surface area contributed by atoms with Crippen LogP contribution in [0.15, 0.2) is 30.3 Å². The van der Waals surface area contributed by atoms with Gasteiger partial charge in [-0.25, -0.2) is 18.0 Å². The van der Waals surface area contributed by atoms with Crippen molar-refractivity contribution >= 4 is 34.9 Å². The first kappa shape index (κ1) is 19.2. The summed E-state index contributed by atoms with van der Waals surface area (Å²) in [7, 11) is 0. The lowest BCUT2D eigenvalue weighted by Gasteiger charge is -2.08. The van der Waals surface area contributed by atoms with Crippen molar-refractivity contribution < 1.29 is 32.4 Å². The van der Waals surface area contributed by atoms with Gasteiger partial charge >= 0.3 is 5.97 Å². The van der Waals surface area contributed by atoms with Gasteiger partial charge in [0.2, 0.25) is 0 Å². The average molecular weight is 389 g/mol. The zero-order valence-corrected chi connectivity index (χ0v) is 13.4. The van der Waals surface area contributed by atoms with E-state index in [1.807, 2.05) is 5.32 Å².